The average molecular weight is 319 g/mol. The average Bonchev–Trinajstić information content (AvgIpc) is 2.45. The molecule has 4 fully saturated rings. The molecule has 1 aliphatic carbocycles. The second-order valence-electron chi connectivity index (χ2n) is 6.22. The van der Waals surface area contributed by atoms with Gasteiger partial charge in [-0.3, -0.25) is 0 Å². The van der Waals surface area contributed by atoms with Gasteiger partial charge < -0.3 is 51.2 Å². The second kappa shape index (κ2) is 3.88. The van der Waals surface area contributed by atoms with E-state index in [1.807, 2.05) is 0 Å². The molecule has 9 N–H and O–H groups in total. The molecule has 5 aliphatic rings. The smallest absolute Gasteiger partial charge is 0.311 e. The second-order valence-corrected chi connectivity index (χ2v) is 6.22. The van der Waals surface area contributed by atoms with E-state index in [0.717, 1.165) is 0 Å². The van der Waals surface area contributed by atoms with Gasteiger partial charge in [0, 0.05) is 0 Å². The van der Waals surface area contributed by atoms with Gasteiger partial charge in [-0.15, -0.1) is 0 Å². The van der Waals surface area contributed by atoms with Crippen LogP contribution >= 0.6 is 0 Å². The number of nitrogens with one attached hydrogen (secondary N) is 1. The van der Waals surface area contributed by atoms with E-state index >= 15 is 0 Å². The summed E-state index contributed by atoms with van der Waals surface area (Å²) in [5, 5.41) is 64.3. The fourth-order valence-electron chi connectivity index (χ4n) is 4.24. The summed E-state index contributed by atoms with van der Waals surface area (Å²) in [4.78, 5) is 3.70. The standard InChI is InChI=1S/C11H17N3O8/c12-8-13-6(17)2-4-9(19,1-15)5-3(16)10(2,14-8)7(18)11(20,21-4)22-5/h2-7,15-20H,1H2,(H3,12,13,14)/t2?,3-,4?,5?,6-,7+,9+,10?,11?/m1/s1. The van der Waals surface area contributed by atoms with E-state index in [1.54, 1.807) is 0 Å². The van der Waals surface area contributed by atoms with Crippen LogP contribution in [0.15, 0.2) is 4.99 Å². The number of ether oxygens (including phenoxy) is 2. The molecule has 5 unspecified atom stereocenters. The quantitative estimate of drug-likeness (QED) is 0.231. The molecule has 1 saturated carbocycles. The number of aliphatic hydroxyl groups excluding tert-OH is 4. The Bertz CT molecular complexity index is 561. The Hall–Kier alpha value is -1.05. The Labute approximate surface area is 123 Å². The van der Waals surface area contributed by atoms with Gasteiger partial charge in [-0.1, -0.05) is 0 Å². The highest BCUT2D eigenvalue weighted by molar-refractivity contribution is 5.80. The Balaban J connectivity index is 1.95. The van der Waals surface area contributed by atoms with Crippen LogP contribution in [0.2, 0.25) is 0 Å². The lowest BCUT2D eigenvalue weighted by molar-refractivity contribution is -0.548. The summed E-state index contributed by atoms with van der Waals surface area (Å²) in [7, 11) is 0. The predicted octanol–water partition coefficient (Wildman–Crippen LogP) is -5.52. The van der Waals surface area contributed by atoms with Gasteiger partial charge in [0.25, 0.3) is 0 Å². The van der Waals surface area contributed by atoms with E-state index in [1.165, 1.54) is 0 Å². The third-order valence-corrected chi connectivity index (χ3v) is 5.22. The SMILES string of the molecule is NC1=N[C@H](O)C2C3OC4(O)OC([C@@H](O)C2(N1)[C@@H]4O)[C@]3(O)CO. The number of aliphatic imine (C=N–C) groups is 1. The summed E-state index contributed by atoms with van der Waals surface area (Å²) in [5.41, 5.74) is 1.74. The lowest BCUT2D eigenvalue weighted by Gasteiger charge is -2.71. The van der Waals surface area contributed by atoms with Gasteiger partial charge in [-0.2, -0.15) is 0 Å². The number of rotatable bonds is 1. The molecule has 4 bridgehead atoms. The lowest BCUT2D eigenvalue weighted by atomic mass is 9.55. The minimum Gasteiger partial charge on any atom is -0.393 e. The van der Waals surface area contributed by atoms with Crippen molar-refractivity contribution in [1.82, 2.24) is 5.32 Å². The minimum atomic E-state index is -2.52. The molecule has 22 heavy (non-hydrogen) atoms. The lowest BCUT2D eigenvalue weighted by Crippen LogP contribution is -2.95. The van der Waals surface area contributed by atoms with E-state index in [4.69, 9.17) is 15.2 Å². The molecule has 5 rings (SSSR count). The highest BCUT2D eigenvalue weighted by Gasteiger charge is 2.82. The van der Waals surface area contributed by atoms with Gasteiger partial charge >= 0.3 is 5.97 Å². The van der Waals surface area contributed by atoms with Crippen molar-refractivity contribution in [3.8, 4) is 0 Å². The van der Waals surface area contributed by atoms with Crippen molar-refractivity contribution in [2.45, 2.75) is 47.8 Å². The zero-order chi connectivity index (χ0) is 16.1. The zero-order valence-corrected chi connectivity index (χ0v) is 11.2. The first kappa shape index (κ1) is 14.5. The summed E-state index contributed by atoms with van der Waals surface area (Å²) in [5.74, 6) is -3.95. The van der Waals surface area contributed by atoms with E-state index in [9.17, 15) is 30.6 Å². The predicted molar refractivity (Wildman–Crippen MR) is 65.7 cm³/mol. The van der Waals surface area contributed by atoms with Crippen molar-refractivity contribution >= 4 is 5.96 Å². The van der Waals surface area contributed by atoms with Crippen LogP contribution in [0, 0.1) is 5.92 Å². The first-order chi connectivity index (χ1) is 10.2. The highest BCUT2D eigenvalue weighted by atomic mass is 16.9. The number of hydrogen-bond donors (Lipinski definition) is 8. The summed E-state index contributed by atoms with van der Waals surface area (Å²) >= 11 is 0. The number of guanidine groups is 1. The molecular formula is C11H17N3O8. The molecule has 11 nitrogen and oxygen atoms in total. The molecule has 0 radical (unpaired) electrons. The molecule has 0 aromatic carbocycles. The summed E-state index contributed by atoms with van der Waals surface area (Å²) in [6.07, 6.45) is -7.77. The van der Waals surface area contributed by atoms with Crippen LogP contribution < -0.4 is 11.1 Å². The van der Waals surface area contributed by atoms with Crippen LogP contribution in [-0.4, -0.2) is 91.0 Å². The molecule has 4 aliphatic heterocycles. The van der Waals surface area contributed by atoms with Crippen LogP contribution in [-0.2, 0) is 9.47 Å². The van der Waals surface area contributed by atoms with Crippen molar-refractivity contribution in [2.24, 2.45) is 16.6 Å². The zero-order valence-electron chi connectivity index (χ0n) is 11.2. The van der Waals surface area contributed by atoms with Crippen molar-refractivity contribution in [1.29, 1.82) is 0 Å². The molecule has 0 aromatic rings. The maximum atomic E-state index is 10.6. The minimum absolute atomic E-state index is 0.250. The number of hydrogen-bond acceptors (Lipinski definition) is 11. The normalized spacial score (nSPS) is 62.4. The molecule has 9 atom stereocenters. The molecule has 0 amide bonds. The van der Waals surface area contributed by atoms with Crippen molar-refractivity contribution in [2.75, 3.05) is 6.61 Å². The van der Waals surface area contributed by atoms with Crippen LogP contribution in [0.5, 0.6) is 0 Å². The van der Waals surface area contributed by atoms with E-state index < -0.39 is 60.3 Å². The number of nitrogens with zero attached hydrogens (tertiary/aromatic N) is 1. The molecule has 4 heterocycles. The Morgan fingerprint density at radius 3 is 2.45 bits per heavy atom. The van der Waals surface area contributed by atoms with Crippen LogP contribution in [0.1, 0.15) is 0 Å². The maximum Gasteiger partial charge on any atom is 0.311 e. The van der Waals surface area contributed by atoms with Gasteiger partial charge in [0.15, 0.2) is 18.3 Å². The molecule has 0 aromatic heterocycles. The first-order valence-electron chi connectivity index (χ1n) is 6.77. The number of aliphatic hydroxyl groups is 6. The summed E-state index contributed by atoms with van der Waals surface area (Å²) < 4.78 is 10.3. The fourth-order valence-corrected chi connectivity index (χ4v) is 4.24. The third-order valence-electron chi connectivity index (χ3n) is 5.22. The maximum absolute atomic E-state index is 10.6. The monoisotopic (exact) mass is 319 g/mol. The summed E-state index contributed by atoms with van der Waals surface area (Å²) in [6.45, 7) is -0.857. The van der Waals surface area contributed by atoms with Crippen molar-refractivity contribution < 1.29 is 40.1 Å². The number of nitrogens with two attached hydrogens (primary N) is 1. The topological polar surface area (TPSA) is 190 Å². The molecule has 1 spiro atoms. The Morgan fingerprint density at radius 1 is 1.18 bits per heavy atom. The van der Waals surface area contributed by atoms with Gasteiger partial charge in [0.1, 0.15) is 29.5 Å². The molecule has 11 heteroatoms. The van der Waals surface area contributed by atoms with Crippen LogP contribution in [0.25, 0.3) is 0 Å². The first-order valence-corrected chi connectivity index (χ1v) is 6.77. The van der Waals surface area contributed by atoms with Crippen molar-refractivity contribution in [3.63, 3.8) is 0 Å². The van der Waals surface area contributed by atoms with Crippen LogP contribution in [0.4, 0.5) is 0 Å². The molecule has 3 saturated heterocycles. The third kappa shape index (κ3) is 1.28. The van der Waals surface area contributed by atoms with E-state index in [2.05, 4.69) is 10.3 Å². The molecular weight excluding hydrogens is 302 g/mol. The van der Waals surface area contributed by atoms with Crippen molar-refractivity contribution in [3.05, 3.63) is 0 Å². The van der Waals surface area contributed by atoms with E-state index in [-0.39, 0.29) is 5.96 Å². The highest BCUT2D eigenvalue weighted by Crippen LogP contribution is 2.58. The summed E-state index contributed by atoms with van der Waals surface area (Å²) in [6, 6.07) is 0. The Morgan fingerprint density at radius 2 is 1.82 bits per heavy atom. The van der Waals surface area contributed by atoms with Gasteiger partial charge in [0.2, 0.25) is 0 Å². The Kier molecular flexibility index (Phi) is 2.57. The van der Waals surface area contributed by atoms with Gasteiger partial charge in [0.05, 0.1) is 12.5 Å². The van der Waals surface area contributed by atoms with Gasteiger partial charge in [-0.25, -0.2) is 4.99 Å². The fraction of sp³-hybridized carbons (Fsp3) is 0.909. The van der Waals surface area contributed by atoms with Gasteiger partial charge in [-0.05, 0) is 0 Å². The molecule has 124 valence electrons. The van der Waals surface area contributed by atoms with Crippen LogP contribution in [0.3, 0.4) is 0 Å². The largest absolute Gasteiger partial charge is 0.393 e. The van der Waals surface area contributed by atoms with E-state index in [0.29, 0.717) is 0 Å².